The van der Waals surface area contributed by atoms with Gasteiger partial charge in [-0.15, -0.1) is 0 Å². The van der Waals surface area contributed by atoms with E-state index in [2.05, 4.69) is 23.9 Å². The van der Waals surface area contributed by atoms with Crippen LogP contribution >= 0.6 is 0 Å². The first-order chi connectivity index (χ1) is 7.70. The monoisotopic (exact) mass is 255 g/mol. The molecule has 0 aromatic heterocycles. The van der Waals surface area contributed by atoms with E-state index >= 15 is 0 Å². The smallest absolute Gasteiger partial charge is 0.362 e. The van der Waals surface area contributed by atoms with Gasteiger partial charge in [0.25, 0.3) is 0 Å². The first kappa shape index (κ1) is 16.2. The van der Waals surface area contributed by atoms with Crippen molar-refractivity contribution < 1.29 is 22.7 Å². The number of amides is 1. The number of hydrogen-bond donors (Lipinski definition) is 1. The molecule has 0 heterocycles. The van der Waals surface area contributed by atoms with Crippen LogP contribution in [0.1, 0.15) is 33.6 Å². The summed E-state index contributed by atoms with van der Waals surface area (Å²) < 4.78 is 39.4. The number of ether oxygens (including phenoxy) is 1. The lowest BCUT2D eigenvalue weighted by Gasteiger charge is -2.15. The number of alkyl halides is 3. The quantitative estimate of drug-likeness (QED) is 0.759. The molecule has 0 radical (unpaired) electrons. The van der Waals surface area contributed by atoms with Crippen LogP contribution in [0.3, 0.4) is 0 Å². The van der Waals surface area contributed by atoms with E-state index < -0.39 is 25.3 Å². The van der Waals surface area contributed by atoms with Gasteiger partial charge in [-0.3, -0.25) is 4.79 Å². The maximum Gasteiger partial charge on any atom is 0.411 e. The average molecular weight is 255 g/mol. The molecule has 0 bridgehead atoms. The van der Waals surface area contributed by atoms with Gasteiger partial charge in [-0.1, -0.05) is 13.8 Å². The van der Waals surface area contributed by atoms with Gasteiger partial charge in [-0.25, -0.2) is 0 Å². The predicted molar refractivity (Wildman–Crippen MR) is 58.6 cm³/mol. The Morgan fingerprint density at radius 2 is 1.82 bits per heavy atom. The number of halogens is 3. The zero-order valence-electron chi connectivity index (χ0n) is 10.4. The third-order valence-corrected chi connectivity index (χ3v) is 2.08. The zero-order valence-corrected chi connectivity index (χ0v) is 10.4. The minimum absolute atomic E-state index is 0.0422. The van der Waals surface area contributed by atoms with E-state index in [9.17, 15) is 18.0 Å². The van der Waals surface area contributed by atoms with E-state index in [1.165, 1.54) is 0 Å². The molecule has 1 amide bonds. The normalized spacial score (nSPS) is 13.8. The molecular weight excluding hydrogens is 235 g/mol. The molecule has 1 atom stereocenters. The maximum atomic E-state index is 11.7. The molecule has 0 aliphatic carbocycles. The number of rotatable bonds is 7. The lowest BCUT2D eigenvalue weighted by molar-refractivity contribution is -0.175. The van der Waals surface area contributed by atoms with Crippen LogP contribution in [0.25, 0.3) is 0 Å². The Morgan fingerprint density at radius 1 is 1.24 bits per heavy atom. The minimum atomic E-state index is -4.39. The van der Waals surface area contributed by atoms with E-state index in [0.29, 0.717) is 5.92 Å². The van der Waals surface area contributed by atoms with E-state index in [-0.39, 0.29) is 6.04 Å². The van der Waals surface area contributed by atoms with Gasteiger partial charge in [0.05, 0.1) is 0 Å². The van der Waals surface area contributed by atoms with Gasteiger partial charge in [-0.05, 0) is 25.7 Å². The van der Waals surface area contributed by atoms with Crippen LogP contribution in [0.15, 0.2) is 0 Å². The molecule has 1 unspecified atom stereocenters. The Bertz CT molecular complexity index is 229. The fourth-order valence-corrected chi connectivity index (χ4v) is 1.23. The van der Waals surface area contributed by atoms with E-state index in [4.69, 9.17) is 0 Å². The summed E-state index contributed by atoms with van der Waals surface area (Å²) in [5, 5.41) is 2.59. The minimum Gasteiger partial charge on any atom is -0.362 e. The summed E-state index contributed by atoms with van der Waals surface area (Å²) in [5.74, 6) is 0.0290. The summed E-state index contributed by atoms with van der Waals surface area (Å²) in [7, 11) is 0. The molecule has 3 nitrogen and oxygen atoms in total. The van der Waals surface area contributed by atoms with Crippen LogP contribution in [-0.2, 0) is 9.53 Å². The van der Waals surface area contributed by atoms with Crippen LogP contribution < -0.4 is 5.32 Å². The van der Waals surface area contributed by atoms with Crippen LogP contribution in [0.2, 0.25) is 0 Å². The predicted octanol–water partition coefficient (Wildman–Crippen LogP) is 2.51. The van der Waals surface area contributed by atoms with Gasteiger partial charge in [-0.2, -0.15) is 13.2 Å². The molecule has 0 aromatic carbocycles. The van der Waals surface area contributed by atoms with Crippen molar-refractivity contribution in [2.24, 2.45) is 5.92 Å². The lowest BCUT2D eigenvalue weighted by atomic mass is 10.0. The van der Waals surface area contributed by atoms with Crippen molar-refractivity contribution in [1.82, 2.24) is 5.32 Å². The number of hydrogen-bond acceptors (Lipinski definition) is 2. The van der Waals surface area contributed by atoms with Crippen molar-refractivity contribution >= 4 is 5.91 Å². The van der Waals surface area contributed by atoms with Crippen LogP contribution in [0.4, 0.5) is 13.2 Å². The largest absolute Gasteiger partial charge is 0.411 e. The molecular formula is C11H20F3NO2. The molecule has 17 heavy (non-hydrogen) atoms. The molecule has 0 saturated heterocycles. The molecule has 1 N–H and O–H groups in total. The second-order valence-corrected chi connectivity index (χ2v) is 4.55. The second kappa shape index (κ2) is 7.53. The summed E-state index contributed by atoms with van der Waals surface area (Å²) in [6.07, 6.45) is -2.61. The van der Waals surface area contributed by atoms with Gasteiger partial charge in [0.1, 0.15) is 13.2 Å². The van der Waals surface area contributed by atoms with Crippen LogP contribution in [0, 0.1) is 5.92 Å². The average Bonchev–Trinajstić information content (AvgIpc) is 2.12. The third-order valence-electron chi connectivity index (χ3n) is 2.08. The summed E-state index contributed by atoms with van der Waals surface area (Å²) in [6.45, 7) is 4.03. The topological polar surface area (TPSA) is 38.3 Å². The van der Waals surface area contributed by atoms with Gasteiger partial charge >= 0.3 is 6.18 Å². The molecule has 0 aromatic rings. The number of carbonyl (C=O) groups is 1. The van der Waals surface area contributed by atoms with Crippen LogP contribution in [0.5, 0.6) is 0 Å². The molecule has 0 rings (SSSR count). The Kier molecular flexibility index (Phi) is 7.18. The summed E-state index contributed by atoms with van der Waals surface area (Å²) in [4.78, 5) is 11.2. The number of nitrogens with one attached hydrogen (secondary N) is 1. The van der Waals surface area contributed by atoms with Crippen molar-refractivity contribution in [3.05, 3.63) is 0 Å². The van der Waals surface area contributed by atoms with Crippen molar-refractivity contribution in [3.63, 3.8) is 0 Å². The Balaban J connectivity index is 3.64. The first-order valence-corrected chi connectivity index (χ1v) is 5.64. The fraction of sp³-hybridized carbons (Fsp3) is 0.909. The summed E-state index contributed by atoms with van der Waals surface area (Å²) in [6, 6.07) is -0.0422. The van der Waals surface area contributed by atoms with E-state index in [1.807, 2.05) is 6.92 Å². The molecule has 0 spiro atoms. The van der Waals surface area contributed by atoms with Gasteiger partial charge in [0.15, 0.2) is 0 Å². The van der Waals surface area contributed by atoms with E-state index in [0.717, 1.165) is 12.8 Å². The molecule has 0 aliphatic rings. The maximum absolute atomic E-state index is 11.7. The highest BCUT2D eigenvalue weighted by Gasteiger charge is 2.27. The summed E-state index contributed by atoms with van der Waals surface area (Å²) >= 11 is 0. The Hall–Kier alpha value is -0.780. The molecule has 102 valence electrons. The Morgan fingerprint density at radius 3 is 2.29 bits per heavy atom. The highest BCUT2D eigenvalue weighted by Crippen LogP contribution is 2.14. The molecule has 0 fully saturated rings. The van der Waals surface area contributed by atoms with Crippen molar-refractivity contribution in [2.45, 2.75) is 45.8 Å². The van der Waals surface area contributed by atoms with Crippen molar-refractivity contribution in [3.8, 4) is 0 Å². The number of carbonyl (C=O) groups excluding carboxylic acids is 1. The highest BCUT2D eigenvalue weighted by atomic mass is 19.4. The van der Waals surface area contributed by atoms with Crippen molar-refractivity contribution in [2.75, 3.05) is 13.2 Å². The first-order valence-electron chi connectivity index (χ1n) is 5.64. The SMILES string of the molecule is CC(C)CCC(C)NC(=O)COCC(F)(F)F. The highest BCUT2D eigenvalue weighted by molar-refractivity contribution is 5.77. The van der Waals surface area contributed by atoms with Gasteiger partial charge < -0.3 is 10.1 Å². The Labute approximate surface area is 99.7 Å². The van der Waals surface area contributed by atoms with E-state index in [1.54, 1.807) is 0 Å². The third kappa shape index (κ3) is 11.5. The van der Waals surface area contributed by atoms with Gasteiger partial charge in [0, 0.05) is 6.04 Å². The molecule has 6 heteroatoms. The van der Waals surface area contributed by atoms with Gasteiger partial charge in [0.2, 0.25) is 5.91 Å². The zero-order chi connectivity index (χ0) is 13.5. The standard InChI is InChI=1S/C11H20F3NO2/c1-8(2)4-5-9(3)15-10(16)6-17-7-11(12,13)14/h8-9H,4-7H2,1-3H3,(H,15,16). The van der Waals surface area contributed by atoms with Crippen molar-refractivity contribution in [1.29, 1.82) is 0 Å². The van der Waals surface area contributed by atoms with Crippen LogP contribution in [-0.4, -0.2) is 31.3 Å². The summed E-state index contributed by atoms with van der Waals surface area (Å²) in [5.41, 5.74) is 0. The lowest BCUT2D eigenvalue weighted by Crippen LogP contribution is -2.36. The fourth-order valence-electron chi connectivity index (χ4n) is 1.23. The molecule has 0 aliphatic heterocycles. The second-order valence-electron chi connectivity index (χ2n) is 4.55. The molecule has 0 saturated carbocycles.